The molecule has 0 aliphatic carbocycles. The molecule has 0 aliphatic rings. The van der Waals surface area contributed by atoms with Crippen molar-refractivity contribution in [1.82, 2.24) is 5.32 Å². The van der Waals surface area contributed by atoms with Gasteiger partial charge in [0.15, 0.2) is 6.61 Å². The second-order valence-electron chi connectivity index (χ2n) is 4.75. The molecule has 1 rings (SSSR count). The van der Waals surface area contributed by atoms with Gasteiger partial charge < -0.3 is 14.8 Å². The SMILES string of the molecule is CCOC(=O)CCCNC(=O)COC(=O)/C=C/c1cccc(Br)c1. The van der Waals surface area contributed by atoms with Gasteiger partial charge in [-0.25, -0.2) is 4.79 Å². The van der Waals surface area contributed by atoms with E-state index < -0.39 is 11.9 Å². The van der Waals surface area contributed by atoms with Gasteiger partial charge in [0.05, 0.1) is 6.61 Å². The molecule has 0 saturated carbocycles. The summed E-state index contributed by atoms with van der Waals surface area (Å²) in [5.41, 5.74) is 0.838. The number of hydrogen-bond donors (Lipinski definition) is 1. The summed E-state index contributed by atoms with van der Waals surface area (Å²) < 4.78 is 10.5. The lowest BCUT2D eigenvalue weighted by Crippen LogP contribution is -2.29. The van der Waals surface area contributed by atoms with E-state index in [-0.39, 0.29) is 19.0 Å². The fourth-order valence-corrected chi connectivity index (χ4v) is 2.12. The molecular formula is C17H20BrNO5. The number of carbonyl (C=O) groups excluding carboxylic acids is 3. The first-order valence-electron chi connectivity index (χ1n) is 7.54. The zero-order valence-electron chi connectivity index (χ0n) is 13.4. The number of nitrogens with one attached hydrogen (secondary N) is 1. The number of carbonyl (C=O) groups is 3. The summed E-state index contributed by atoms with van der Waals surface area (Å²) >= 11 is 3.33. The summed E-state index contributed by atoms with van der Waals surface area (Å²) in [6.07, 6.45) is 3.57. The lowest BCUT2D eigenvalue weighted by molar-refractivity contribution is -0.143. The highest BCUT2D eigenvalue weighted by Gasteiger charge is 2.06. The summed E-state index contributed by atoms with van der Waals surface area (Å²) in [5.74, 6) is -1.31. The molecule has 7 heteroatoms. The van der Waals surface area contributed by atoms with Crippen LogP contribution in [-0.4, -0.2) is 37.6 Å². The van der Waals surface area contributed by atoms with Gasteiger partial charge in [-0.05, 0) is 37.1 Å². The molecule has 0 fully saturated rings. The Balaban J connectivity index is 2.19. The average molecular weight is 398 g/mol. The molecule has 0 aliphatic heterocycles. The lowest BCUT2D eigenvalue weighted by atomic mass is 10.2. The maximum Gasteiger partial charge on any atom is 0.331 e. The van der Waals surface area contributed by atoms with Crippen molar-refractivity contribution in [2.75, 3.05) is 19.8 Å². The molecule has 0 bridgehead atoms. The molecule has 1 aromatic carbocycles. The third kappa shape index (κ3) is 9.09. The molecule has 0 heterocycles. The van der Waals surface area contributed by atoms with Gasteiger partial charge in [0.2, 0.25) is 0 Å². The highest BCUT2D eigenvalue weighted by atomic mass is 79.9. The van der Waals surface area contributed by atoms with Crippen molar-refractivity contribution >= 4 is 39.9 Å². The van der Waals surface area contributed by atoms with Gasteiger partial charge in [-0.15, -0.1) is 0 Å². The molecule has 0 spiro atoms. The Hall–Kier alpha value is -2.15. The topological polar surface area (TPSA) is 81.7 Å². The van der Waals surface area contributed by atoms with Crippen LogP contribution in [0, 0.1) is 0 Å². The zero-order chi connectivity index (χ0) is 17.8. The van der Waals surface area contributed by atoms with E-state index in [0.717, 1.165) is 10.0 Å². The molecule has 0 saturated heterocycles. The molecule has 0 unspecified atom stereocenters. The van der Waals surface area contributed by atoms with Gasteiger partial charge >= 0.3 is 11.9 Å². The Morgan fingerprint density at radius 3 is 2.75 bits per heavy atom. The Bertz CT molecular complexity index is 600. The highest BCUT2D eigenvalue weighted by molar-refractivity contribution is 9.10. The molecule has 0 aromatic heterocycles. The normalized spacial score (nSPS) is 10.4. The number of hydrogen-bond acceptors (Lipinski definition) is 5. The van der Waals surface area contributed by atoms with Crippen LogP contribution in [0.5, 0.6) is 0 Å². The van der Waals surface area contributed by atoms with Crippen LogP contribution in [0.2, 0.25) is 0 Å². The van der Waals surface area contributed by atoms with E-state index in [0.29, 0.717) is 19.6 Å². The number of halogens is 1. The summed E-state index contributed by atoms with van der Waals surface area (Å²) in [6, 6.07) is 7.41. The Morgan fingerprint density at radius 1 is 1.25 bits per heavy atom. The monoisotopic (exact) mass is 397 g/mol. The van der Waals surface area contributed by atoms with Crippen LogP contribution >= 0.6 is 15.9 Å². The molecule has 24 heavy (non-hydrogen) atoms. The van der Waals surface area contributed by atoms with Crippen LogP contribution in [0.25, 0.3) is 6.08 Å². The van der Waals surface area contributed by atoms with Crippen molar-refractivity contribution in [3.63, 3.8) is 0 Å². The minimum absolute atomic E-state index is 0.239. The lowest BCUT2D eigenvalue weighted by Gasteiger charge is -2.05. The average Bonchev–Trinajstić information content (AvgIpc) is 2.55. The van der Waals surface area contributed by atoms with E-state index in [9.17, 15) is 14.4 Å². The van der Waals surface area contributed by atoms with E-state index in [1.165, 1.54) is 6.08 Å². The van der Waals surface area contributed by atoms with Crippen molar-refractivity contribution in [3.8, 4) is 0 Å². The van der Waals surface area contributed by atoms with Crippen molar-refractivity contribution < 1.29 is 23.9 Å². The van der Waals surface area contributed by atoms with Crippen LogP contribution in [0.3, 0.4) is 0 Å². The minimum Gasteiger partial charge on any atom is -0.466 e. The molecule has 0 atom stereocenters. The van der Waals surface area contributed by atoms with E-state index in [4.69, 9.17) is 9.47 Å². The highest BCUT2D eigenvalue weighted by Crippen LogP contribution is 2.12. The van der Waals surface area contributed by atoms with E-state index in [1.807, 2.05) is 24.3 Å². The van der Waals surface area contributed by atoms with Crippen LogP contribution in [-0.2, 0) is 23.9 Å². The third-order valence-corrected chi connectivity index (χ3v) is 3.28. The Kier molecular flexibility index (Phi) is 9.45. The fourth-order valence-electron chi connectivity index (χ4n) is 1.70. The third-order valence-electron chi connectivity index (χ3n) is 2.79. The molecule has 6 nitrogen and oxygen atoms in total. The Labute approximate surface area is 149 Å². The summed E-state index contributed by atoms with van der Waals surface area (Å²) in [5, 5.41) is 2.56. The van der Waals surface area contributed by atoms with Crippen molar-refractivity contribution in [3.05, 3.63) is 40.4 Å². The van der Waals surface area contributed by atoms with Gasteiger partial charge in [0.25, 0.3) is 5.91 Å². The largest absolute Gasteiger partial charge is 0.466 e. The molecule has 1 N–H and O–H groups in total. The van der Waals surface area contributed by atoms with Gasteiger partial charge in [-0.1, -0.05) is 28.1 Å². The number of rotatable bonds is 9. The first-order chi connectivity index (χ1) is 11.5. The van der Waals surface area contributed by atoms with Crippen LogP contribution in [0.1, 0.15) is 25.3 Å². The predicted molar refractivity (Wildman–Crippen MR) is 93.0 cm³/mol. The molecule has 130 valence electrons. The van der Waals surface area contributed by atoms with Crippen LogP contribution < -0.4 is 5.32 Å². The zero-order valence-corrected chi connectivity index (χ0v) is 15.0. The quantitative estimate of drug-likeness (QED) is 0.393. The Morgan fingerprint density at radius 2 is 2.04 bits per heavy atom. The van der Waals surface area contributed by atoms with E-state index in [1.54, 1.807) is 13.0 Å². The summed E-state index contributed by atoms with van der Waals surface area (Å²) in [4.78, 5) is 34.1. The van der Waals surface area contributed by atoms with Crippen LogP contribution in [0.15, 0.2) is 34.8 Å². The van der Waals surface area contributed by atoms with Crippen molar-refractivity contribution in [2.24, 2.45) is 0 Å². The minimum atomic E-state index is -0.600. The van der Waals surface area contributed by atoms with Crippen molar-refractivity contribution in [2.45, 2.75) is 19.8 Å². The molecule has 1 aromatic rings. The van der Waals surface area contributed by atoms with Gasteiger partial charge in [0, 0.05) is 23.5 Å². The summed E-state index contributed by atoms with van der Waals surface area (Å²) in [7, 11) is 0. The second-order valence-corrected chi connectivity index (χ2v) is 5.67. The maximum atomic E-state index is 11.5. The van der Waals surface area contributed by atoms with E-state index in [2.05, 4.69) is 21.2 Å². The predicted octanol–water partition coefficient (Wildman–Crippen LogP) is 2.46. The first kappa shape index (κ1) is 19.9. The second kappa shape index (κ2) is 11.4. The molecule has 0 radical (unpaired) electrons. The molecular weight excluding hydrogens is 378 g/mol. The van der Waals surface area contributed by atoms with Gasteiger partial charge in [0.1, 0.15) is 0 Å². The number of benzene rings is 1. The molecule has 1 amide bonds. The van der Waals surface area contributed by atoms with Gasteiger partial charge in [-0.2, -0.15) is 0 Å². The maximum absolute atomic E-state index is 11.5. The fraction of sp³-hybridized carbons (Fsp3) is 0.353. The number of ether oxygens (including phenoxy) is 2. The number of amides is 1. The summed E-state index contributed by atoms with van der Waals surface area (Å²) in [6.45, 7) is 2.04. The smallest absolute Gasteiger partial charge is 0.331 e. The first-order valence-corrected chi connectivity index (χ1v) is 8.33. The van der Waals surface area contributed by atoms with E-state index >= 15 is 0 Å². The number of esters is 2. The van der Waals surface area contributed by atoms with Crippen molar-refractivity contribution in [1.29, 1.82) is 0 Å². The van der Waals surface area contributed by atoms with Gasteiger partial charge in [-0.3, -0.25) is 9.59 Å². The standard InChI is InChI=1S/C17H20BrNO5/c1-2-23-16(21)7-4-10-19-15(20)12-24-17(22)9-8-13-5-3-6-14(18)11-13/h3,5-6,8-9,11H,2,4,7,10,12H2,1H3,(H,19,20)/b9-8+. The van der Waals surface area contributed by atoms with Crippen LogP contribution in [0.4, 0.5) is 0 Å².